The Morgan fingerprint density at radius 2 is 1.63 bits per heavy atom. The zero-order valence-electron chi connectivity index (χ0n) is 31.4. The number of allylic oxidation sites excluding steroid dienone is 1. The average molecular weight is 895 g/mol. The molecule has 59 heavy (non-hydrogen) atoms. The van der Waals surface area contributed by atoms with Crippen molar-refractivity contribution in [1.82, 2.24) is 34.4 Å². The molecule has 29 heteroatoms. The van der Waals surface area contributed by atoms with Gasteiger partial charge in [0.05, 0.1) is 44.6 Å². The molecule has 3 aromatic heterocycles. The smallest absolute Gasteiger partial charge is 0.280 e. The minimum absolute atomic E-state index is 0.0235. The Kier molecular flexibility index (Phi) is 14.9. The van der Waals surface area contributed by atoms with Gasteiger partial charge in [0.15, 0.2) is 17.4 Å². The normalized spacial score (nSPS) is 26.4. The van der Waals surface area contributed by atoms with E-state index in [1.165, 1.54) is 18.0 Å². The number of nitrogens with one attached hydrogen (secondary N) is 1. The number of aliphatic hydroxyl groups is 2. The third-order valence-corrected chi connectivity index (χ3v) is 12.4. The summed E-state index contributed by atoms with van der Waals surface area (Å²) in [6, 6.07) is 0. The van der Waals surface area contributed by atoms with Crippen LogP contribution in [0.3, 0.4) is 0 Å². The van der Waals surface area contributed by atoms with Gasteiger partial charge in [-0.2, -0.15) is 4.98 Å². The molecule has 2 saturated heterocycles. The number of nitrogens with zero attached hydrogens (tertiary/aromatic N) is 6. The molecule has 0 saturated carbocycles. The van der Waals surface area contributed by atoms with Gasteiger partial charge in [-0.15, -0.1) is 0 Å². The number of aliphatic hydroxyl groups excluding tert-OH is 2. The molecule has 5 unspecified atom stereocenters. The summed E-state index contributed by atoms with van der Waals surface area (Å²) in [6.45, 7) is -2.70. The third-order valence-electron chi connectivity index (χ3n) is 9.43. The average Bonchev–Trinajstić information content (AvgIpc) is 3.95. The Morgan fingerprint density at radius 3 is 2.34 bits per heavy atom. The van der Waals surface area contributed by atoms with Gasteiger partial charge < -0.3 is 73.0 Å². The van der Waals surface area contributed by atoms with Gasteiger partial charge in [0.1, 0.15) is 30.5 Å². The lowest BCUT2D eigenvalue weighted by atomic mass is 10.1. The Bertz CT molecular complexity index is 2180. The number of phosphoric acid groups is 3. The maximum Gasteiger partial charge on any atom is 0.280 e. The van der Waals surface area contributed by atoms with E-state index >= 15 is 0 Å². The first-order chi connectivity index (χ1) is 28.0. The Morgan fingerprint density at radius 1 is 0.932 bits per heavy atom. The fraction of sp³-hybridized carbons (Fsp3) is 0.633. The van der Waals surface area contributed by atoms with Crippen molar-refractivity contribution in [2.24, 2.45) is 5.92 Å². The van der Waals surface area contributed by atoms with Crippen molar-refractivity contribution in [2.75, 3.05) is 77.9 Å². The summed E-state index contributed by atoms with van der Waals surface area (Å²) < 4.78 is 82.5. The SMILES string of the molecule is CO[C@H]1C(OP(=O)([O-])OCCCO)[C@@H](COP(=O)([O-])OC2CN(CC3=CCc4c(N)ncnc43)C[C@@H]2COP(=O)([O-])OCCCO)O[C@H]1n1cnc2c(=O)[nH]c(N)nc21. The Hall–Kier alpha value is -3.10. The quantitative estimate of drug-likeness (QED) is 0.0517. The van der Waals surface area contributed by atoms with Crippen LogP contribution in [0.25, 0.3) is 16.7 Å². The fourth-order valence-corrected chi connectivity index (χ4v) is 9.49. The van der Waals surface area contributed by atoms with Crippen molar-refractivity contribution < 1.29 is 75.2 Å². The van der Waals surface area contributed by atoms with Crippen molar-refractivity contribution in [1.29, 1.82) is 0 Å². The summed E-state index contributed by atoms with van der Waals surface area (Å²) in [4.78, 5) is 71.9. The topological polar surface area (TPSA) is 379 Å². The number of anilines is 2. The summed E-state index contributed by atoms with van der Waals surface area (Å²) >= 11 is 0. The minimum Gasteiger partial charge on any atom is -0.756 e. The van der Waals surface area contributed by atoms with Crippen LogP contribution in [-0.2, 0) is 56.7 Å². The summed E-state index contributed by atoms with van der Waals surface area (Å²) in [7, 11) is -14.2. The number of H-pyrrole nitrogens is 1. The molecule has 0 spiro atoms. The monoisotopic (exact) mass is 894 g/mol. The number of nitrogen functional groups attached to an aromatic ring is 2. The zero-order valence-corrected chi connectivity index (χ0v) is 34.1. The van der Waals surface area contributed by atoms with Crippen LogP contribution >= 0.6 is 23.5 Å². The first-order valence-electron chi connectivity index (χ1n) is 18.0. The number of aromatic amines is 1. The van der Waals surface area contributed by atoms with E-state index in [-0.39, 0.29) is 69.4 Å². The minimum atomic E-state index is -5.37. The molecule has 6 rings (SSSR count). The van der Waals surface area contributed by atoms with E-state index in [1.54, 1.807) is 4.90 Å². The highest BCUT2D eigenvalue weighted by molar-refractivity contribution is 7.46. The standard InChI is InChI=1S/C30H46N9O17P3/c1-49-25-24(56-58(45,46)51-9-3-7-41)21(54-29(25)39-16-35-23-27(39)36-30(32)37-28(23)42)14-53-59(47,48)55-20-12-38(10-17-4-5-19-22(17)33-15-34-26(19)31)11-18(20)13-52-57(43,44)50-8-2-6-40/h4,15-16,18,20-21,24-25,29,40-41H,2-3,5-14H2,1H3,(H,43,44)(H,45,46)(H,47,48)(H2,31,33,34)(H3,32,36,37,42)/p-3/t18-,20?,21-,24?,25+,29-/m1/s1. The molecule has 1 aliphatic carbocycles. The van der Waals surface area contributed by atoms with Crippen LogP contribution in [0, 0.1) is 5.92 Å². The third kappa shape index (κ3) is 11.2. The Balaban J connectivity index is 1.20. The number of rotatable bonds is 22. The Labute approximate surface area is 335 Å². The predicted octanol–water partition coefficient (Wildman–Crippen LogP) is -2.44. The maximum atomic E-state index is 13.5. The highest BCUT2D eigenvalue weighted by atomic mass is 31.2. The zero-order chi connectivity index (χ0) is 42.5. The molecule has 3 aromatic rings. The lowest BCUT2D eigenvalue weighted by molar-refractivity contribution is -0.237. The number of nitrogens with two attached hydrogens (primary N) is 2. The second-order valence-corrected chi connectivity index (χ2v) is 17.6. The van der Waals surface area contributed by atoms with Gasteiger partial charge in [-0.3, -0.25) is 32.9 Å². The van der Waals surface area contributed by atoms with Gasteiger partial charge in [-0.05, 0) is 24.8 Å². The molecule has 0 bridgehead atoms. The molecular weight excluding hydrogens is 851 g/mol. The summed E-state index contributed by atoms with van der Waals surface area (Å²) in [5.41, 5.74) is 12.9. The second kappa shape index (κ2) is 19.3. The van der Waals surface area contributed by atoms with Crippen molar-refractivity contribution >= 4 is 52.0 Å². The van der Waals surface area contributed by atoms with Gasteiger partial charge in [0.25, 0.3) is 29.0 Å². The van der Waals surface area contributed by atoms with Crippen LogP contribution in [0.5, 0.6) is 0 Å². The molecule has 3 aliphatic rings. The van der Waals surface area contributed by atoms with Crippen LogP contribution in [0.4, 0.5) is 11.8 Å². The molecule has 0 radical (unpaired) electrons. The molecule has 2 fully saturated rings. The number of ether oxygens (including phenoxy) is 2. The molecule has 26 nitrogen and oxygen atoms in total. The summed E-state index contributed by atoms with van der Waals surface area (Å²) in [5.74, 6) is -0.849. The number of hydrogen-bond donors (Lipinski definition) is 5. The van der Waals surface area contributed by atoms with Crippen LogP contribution in [0.1, 0.15) is 30.3 Å². The lowest BCUT2D eigenvalue weighted by Gasteiger charge is -2.32. The van der Waals surface area contributed by atoms with Gasteiger partial charge in [-0.1, -0.05) is 6.08 Å². The number of phosphoric ester groups is 3. The van der Waals surface area contributed by atoms with E-state index in [0.29, 0.717) is 17.9 Å². The van der Waals surface area contributed by atoms with E-state index < -0.39 is 85.4 Å². The molecule has 0 amide bonds. The van der Waals surface area contributed by atoms with Crippen LogP contribution in [-0.4, -0.2) is 135 Å². The van der Waals surface area contributed by atoms with Crippen molar-refractivity contribution in [2.45, 2.75) is 49.9 Å². The number of likely N-dealkylation sites (tertiary alicyclic amines) is 1. The predicted molar refractivity (Wildman–Crippen MR) is 195 cm³/mol. The molecular formula is C30H43N9O17P3-3. The number of hydrogen-bond acceptors (Lipinski definition) is 24. The highest BCUT2D eigenvalue weighted by Gasteiger charge is 2.50. The number of fused-ring (bicyclic) bond motifs is 2. The second-order valence-electron chi connectivity index (χ2n) is 13.5. The molecule has 7 N–H and O–H groups in total. The van der Waals surface area contributed by atoms with Gasteiger partial charge in [-0.25, -0.2) is 15.0 Å². The van der Waals surface area contributed by atoms with Crippen molar-refractivity contribution in [3.63, 3.8) is 0 Å². The molecule has 9 atom stereocenters. The van der Waals surface area contributed by atoms with E-state index in [0.717, 1.165) is 17.5 Å². The molecule has 328 valence electrons. The summed E-state index contributed by atoms with van der Waals surface area (Å²) in [5, 5.41) is 18.1. The van der Waals surface area contributed by atoms with E-state index in [1.807, 2.05) is 6.08 Å². The number of aromatic nitrogens is 6. The fourth-order valence-electron chi connectivity index (χ4n) is 6.76. The van der Waals surface area contributed by atoms with Gasteiger partial charge >= 0.3 is 0 Å². The maximum absolute atomic E-state index is 13.5. The molecule has 2 aliphatic heterocycles. The van der Waals surface area contributed by atoms with E-state index in [9.17, 15) is 33.2 Å². The highest BCUT2D eigenvalue weighted by Crippen LogP contribution is 2.49. The van der Waals surface area contributed by atoms with E-state index in [4.69, 9.17) is 58.3 Å². The summed E-state index contributed by atoms with van der Waals surface area (Å²) in [6.07, 6.45) is -2.36. The largest absolute Gasteiger partial charge is 0.756 e. The number of imidazole rings is 1. The van der Waals surface area contributed by atoms with Crippen LogP contribution in [0.2, 0.25) is 0 Å². The van der Waals surface area contributed by atoms with Crippen LogP contribution < -0.4 is 31.7 Å². The van der Waals surface area contributed by atoms with Crippen LogP contribution in [0.15, 0.2) is 23.5 Å². The van der Waals surface area contributed by atoms with Crippen molar-refractivity contribution in [3.8, 4) is 0 Å². The molecule has 5 heterocycles. The lowest BCUT2D eigenvalue weighted by Crippen LogP contribution is -2.38. The first kappa shape index (κ1) is 45.4. The number of methoxy groups -OCH3 is 1. The van der Waals surface area contributed by atoms with Gasteiger partial charge in [0.2, 0.25) is 5.95 Å². The first-order valence-corrected chi connectivity index (χ1v) is 22.4. The molecule has 0 aromatic carbocycles. The van der Waals surface area contributed by atoms with Gasteiger partial charge in [0, 0.05) is 51.4 Å². The van der Waals surface area contributed by atoms with Crippen molar-refractivity contribution in [3.05, 3.63) is 40.3 Å². The van der Waals surface area contributed by atoms with E-state index in [2.05, 4.69) is 24.9 Å².